The quantitative estimate of drug-likeness (QED) is 0.790. The van der Waals surface area contributed by atoms with Crippen LogP contribution in [-0.4, -0.2) is 61.2 Å². The van der Waals surface area contributed by atoms with Crippen molar-refractivity contribution >= 4 is 11.8 Å². The van der Waals surface area contributed by atoms with Crippen molar-refractivity contribution in [3.8, 4) is 5.75 Å². The van der Waals surface area contributed by atoms with Gasteiger partial charge in [0, 0.05) is 25.1 Å². The van der Waals surface area contributed by atoms with E-state index in [4.69, 9.17) is 9.47 Å². The Bertz CT molecular complexity index is 493. The molecule has 21 heavy (non-hydrogen) atoms. The third-order valence-electron chi connectivity index (χ3n) is 3.56. The number of methoxy groups -OCH3 is 1. The molecule has 2 rings (SSSR count). The lowest BCUT2D eigenvalue weighted by molar-refractivity contribution is -0.144. The fourth-order valence-electron chi connectivity index (χ4n) is 2.33. The van der Waals surface area contributed by atoms with Gasteiger partial charge in [-0.3, -0.25) is 14.5 Å². The Labute approximate surface area is 123 Å². The summed E-state index contributed by atoms with van der Waals surface area (Å²) in [7, 11) is 1.55. The number of hydrogen-bond donors (Lipinski definition) is 1. The van der Waals surface area contributed by atoms with Crippen molar-refractivity contribution in [3.63, 3.8) is 0 Å². The fraction of sp³-hybridized carbons (Fsp3) is 0.467. The van der Waals surface area contributed by atoms with E-state index in [9.17, 15) is 14.7 Å². The summed E-state index contributed by atoms with van der Waals surface area (Å²) >= 11 is 0. The molecular formula is C15H19NO5. The van der Waals surface area contributed by atoms with Crippen LogP contribution in [0.25, 0.3) is 0 Å². The maximum Gasteiger partial charge on any atom is 0.321 e. The number of rotatable bonds is 6. The highest BCUT2D eigenvalue weighted by atomic mass is 16.5. The average molecular weight is 293 g/mol. The first-order valence-electron chi connectivity index (χ1n) is 6.83. The molecule has 0 spiro atoms. The van der Waals surface area contributed by atoms with Crippen LogP contribution in [0.4, 0.5) is 0 Å². The van der Waals surface area contributed by atoms with Crippen LogP contribution in [0, 0.1) is 0 Å². The molecule has 0 aromatic heterocycles. The van der Waals surface area contributed by atoms with Crippen LogP contribution in [0.15, 0.2) is 24.3 Å². The smallest absolute Gasteiger partial charge is 0.321 e. The number of carbonyl (C=O) groups is 2. The third kappa shape index (κ3) is 4.03. The van der Waals surface area contributed by atoms with Gasteiger partial charge in [-0.1, -0.05) is 0 Å². The van der Waals surface area contributed by atoms with Crippen molar-refractivity contribution in [2.24, 2.45) is 0 Å². The van der Waals surface area contributed by atoms with Crippen molar-refractivity contribution in [3.05, 3.63) is 29.8 Å². The highest BCUT2D eigenvalue weighted by molar-refractivity contribution is 5.98. The molecule has 0 saturated carbocycles. The number of carbonyl (C=O) groups excluding carboxylic acids is 1. The first-order valence-corrected chi connectivity index (χ1v) is 6.83. The van der Waals surface area contributed by atoms with E-state index in [-0.39, 0.29) is 12.2 Å². The number of ether oxygens (including phenoxy) is 2. The lowest BCUT2D eigenvalue weighted by Crippen LogP contribution is -2.48. The van der Waals surface area contributed by atoms with Crippen LogP contribution in [0.5, 0.6) is 5.75 Å². The predicted molar refractivity (Wildman–Crippen MR) is 75.8 cm³/mol. The number of morpholine rings is 1. The summed E-state index contributed by atoms with van der Waals surface area (Å²) in [5.41, 5.74) is 0.496. The van der Waals surface area contributed by atoms with Crippen molar-refractivity contribution in [2.45, 2.75) is 12.5 Å². The van der Waals surface area contributed by atoms with Crippen LogP contribution in [0.3, 0.4) is 0 Å². The van der Waals surface area contributed by atoms with E-state index in [0.29, 0.717) is 37.6 Å². The monoisotopic (exact) mass is 293 g/mol. The average Bonchev–Trinajstić information content (AvgIpc) is 2.53. The van der Waals surface area contributed by atoms with Gasteiger partial charge in [0.1, 0.15) is 11.8 Å². The van der Waals surface area contributed by atoms with E-state index in [1.165, 1.54) is 0 Å². The summed E-state index contributed by atoms with van der Waals surface area (Å²) in [6, 6.07) is 5.89. The molecule has 0 aliphatic carbocycles. The maximum atomic E-state index is 12.2. The lowest BCUT2D eigenvalue weighted by atomic mass is 10.0. The van der Waals surface area contributed by atoms with Crippen LogP contribution in [-0.2, 0) is 9.53 Å². The van der Waals surface area contributed by atoms with E-state index in [1.807, 2.05) is 0 Å². The second-order valence-electron chi connectivity index (χ2n) is 4.86. The van der Waals surface area contributed by atoms with E-state index in [2.05, 4.69) is 0 Å². The molecule has 1 aromatic carbocycles. The number of hydrogen-bond acceptors (Lipinski definition) is 5. The molecule has 1 heterocycles. The summed E-state index contributed by atoms with van der Waals surface area (Å²) in [5, 5.41) is 9.35. The Hall–Kier alpha value is -1.92. The molecule has 1 saturated heterocycles. The van der Waals surface area contributed by atoms with E-state index in [1.54, 1.807) is 36.3 Å². The predicted octanol–water partition coefficient (Wildman–Crippen LogP) is 1.05. The first-order chi connectivity index (χ1) is 10.1. The topological polar surface area (TPSA) is 76.1 Å². The third-order valence-corrected chi connectivity index (χ3v) is 3.56. The fourth-order valence-corrected chi connectivity index (χ4v) is 2.33. The van der Waals surface area contributed by atoms with Gasteiger partial charge in [-0.25, -0.2) is 0 Å². The zero-order valence-electron chi connectivity index (χ0n) is 11.9. The molecular weight excluding hydrogens is 274 g/mol. The van der Waals surface area contributed by atoms with E-state index in [0.717, 1.165) is 0 Å². The second kappa shape index (κ2) is 7.19. The lowest BCUT2D eigenvalue weighted by Gasteiger charge is -2.31. The molecule has 1 aromatic rings. The second-order valence-corrected chi connectivity index (χ2v) is 4.86. The normalized spacial score (nSPS) is 17.2. The molecule has 1 aliphatic heterocycles. The summed E-state index contributed by atoms with van der Waals surface area (Å²) < 4.78 is 10.2. The van der Waals surface area contributed by atoms with E-state index < -0.39 is 12.0 Å². The number of benzene rings is 1. The van der Waals surface area contributed by atoms with Crippen molar-refractivity contribution in [1.82, 2.24) is 4.90 Å². The first kappa shape index (κ1) is 15.5. The number of carboxylic acids is 1. The summed E-state index contributed by atoms with van der Waals surface area (Å²) in [5.74, 6) is -0.496. The largest absolute Gasteiger partial charge is 0.497 e. The number of aliphatic carboxylic acids is 1. The molecule has 0 radical (unpaired) electrons. The molecule has 0 bridgehead atoms. The molecule has 0 unspecified atom stereocenters. The molecule has 1 aliphatic rings. The van der Waals surface area contributed by atoms with Gasteiger partial charge < -0.3 is 14.6 Å². The van der Waals surface area contributed by atoms with Crippen LogP contribution in [0.1, 0.15) is 16.8 Å². The Kier molecular flexibility index (Phi) is 5.30. The molecule has 6 heteroatoms. The van der Waals surface area contributed by atoms with Gasteiger partial charge in [0.2, 0.25) is 0 Å². The zero-order chi connectivity index (χ0) is 15.2. The molecule has 114 valence electrons. The van der Waals surface area contributed by atoms with Gasteiger partial charge in [-0.15, -0.1) is 0 Å². The highest BCUT2D eigenvalue weighted by Crippen LogP contribution is 2.16. The van der Waals surface area contributed by atoms with E-state index >= 15 is 0 Å². The minimum Gasteiger partial charge on any atom is -0.497 e. The molecule has 6 nitrogen and oxygen atoms in total. The van der Waals surface area contributed by atoms with Crippen molar-refractivity contribution in [1.29, 1.82) is 0 Å². The number of nitrogens with zero attached hydrogens (tertiary/aromatic N) is 1. The van der Waals surface area contributed by atoms with Crippen LogP contribution < -0.4 is 4.74 Å². The summed E-state index contributed by atoms with van der Waals surface area (Å²) in [6.45, 7) is 2.07. The van der Waals surface area contributed by atoms with Crippen molar-refractivity contribution in [2.75, 3.05) is 33.4 Å². The van der Waals surface area contributed by atoms with Gasteiger partial charge in [-0.2, -0.15) is 0 Å². The van der Waals surface area contributed by atoms with Crippen LogP contribution >= 0.6 is 0 Å². The molecule has 1 fully saturated rings. The Morgan fingerprint density at radius 2 is 1.90 bits per heavy atom. The van der Waals surface area contributed by atoms with Gasteiger partial charge >= 0.3 is 5.97 Å². The SMILES string of the molecule is COc1ccc(C(=O)C[C@@H](C(=O)O)N2CCOCC2)cc1. The standard InChI is InChI=1S/C15H19NO5/c1-20-12-4-2-11(3-5-12)14(17)10-13(15(18)19)16-6-8-21-9-7-16/h2-5,13H,6-10H2,1H3,(H,18,19)/t13-/m0/s1. The number of Topliss-reactive ketones (excluding diaryl/α,β-unsaturated/α-hetero) is 1. The summed E-state index contributed by atoms with van der Waals surface area (Å²) in [6.07, 6.45) is -0.0400. The van der Waals surface area contributed by atoms with Gasteiger partial charge in [0.15, 0.2) is 5.78 Å². The highest BCUT2D eigenvalue weighted by Gasteiger charge is 2.29. The Morgan fingerprint density at radius 3 is 2.43 bits per heavy atom. The van der Waals surface area contributed by atoms with Gasteiger partial charge in [-0.05, 0) is 24.3 Å². The molecule has 1 N–H and O–H groups in total. The van der Waals surface area contributed by atoms with Gasteiger partial charge in [0.25, 0.3) is 0 Å². The number of carboxylic acid groups (broad SMARTS) is 1. The van der Waals surface area contributed by atoms with Gasteiger partial charge in [0.05, 0.1) is 20.3 Å². The summed E-state index contributed by atoms with van der Waals surface area (Å²) in [4.78, 5) is 25.4. The minimum absolute atomic E-state index is 0.0400. The molecule has 1 atom stereocenters. The Balaban J connectivity index is 2.04. The Morgan fingerprint density at radius 1 is 1.29 bits per heavy atom. The number of ketones is 1. The maximum absolute atomic E-state index is 12.2. The van der Waals surface area contributed by atoms with Crippen molar-refractivity contribution < 1.29 is 24.2 Å². The molecule has 0 amide bonds. The van der Waals surface area contributed by atoms with Crippen LogP contribution in [0.2, 0.25) is 0 Å². The zero-order valence-corrected chi connectivity index (χ0v) is 11.9. The minimum atomic E-state index is -0.973.